The average Bonchev–Trinajstić information content (AvgIpc) is 3.30. The van der Waals surface area contributed by atoms with Crippen LogP contribution in [0.15, 0.2) is 71.9 Å². The van der Waals surface area contributed by atoms with Gasteiger partial charge in [-0.05, 0) is 65.6 Å². The van der Waals surface area contributed by atoms with E-state index in [-0.39, 0.29) is 5.91 Å². The number of ether oxygens (including phenoxy) is 1. The second-order valence-electron chi connectivity index (χ2n) is 8.31. The summed E-state index contributed by atoms with van der Waals surface area (Å²) < 4.78 is 6.33. The molecule has 0 spiro atoms. The molecular formula is C27H29N3O2S2. The van der Waals surface area contributed by atoms with Crippen LogP contribution < -0.4 is 9.64 Å². The normalized spacial score (nSPS) is 11.2. The summed E-state index contributed by atoms with van der Waals surface area (Å²) in [6.07, 6.45) is 4.82. The molecule has 0 N–H and O–H groups in total. The number of methoxy groups -OCH3 is 1. The summed E-state index contributed by atoms with van der Waals surface area (Å²) in [6, 6.07) is 18.2. The number of benzene rings is 2. The molecule has 34 heavy (non-hydrogen) atoms. The van der Waals surface area contributed by atoms with Crippen molar-refractivity contribution < 1.29 is 9.53 Å². The molecule has 2 aromatic carbocycles. The maximum absolute atomic E-state index is 13.4. The van der Waals surface area contributed by atoms with Gasteiger partial charge in [-0.25, -0.2) is 4.98 Å². The SMILES string of the molecule is COc1ccc(SCCCC(=O)N(Cc2cccnc2)c2nc3c(C(C)C)cccc3s2)cc1. The first-order valence-corrected chi connectivity index (χ1v) is 13.2. The van der Waals surface area contributed by atoms with Crippen LogP contribution in [0.5, 0.6) is 5.75 Å². The molecule has 0 bridgehead atoms. The Morgan fingerprint density at radius 1 is 1.12 bits per heavy atom. The number of amides is 1. The first-order valence-electron chi connectivity index (χ1n) is 11.4. The Morgan fingerprint density at radius 2 is 1.94 bits per heavy atom. The van der Waals surface area contributed by atoms with E-state index in [1.54, 1.807) is 36.4 Å². The van der Waals surface area contributed by atoms with Gasteiger partial charge >= 0.3 is 0 Å². The van der Waals surface area contributed by atoms with E-state index in [1.165, 1.54) is 10.5 Å². The highest BCUT2D eigenvalue weighted by Gasteiger charge is 2.21. The Hall–Kier alpha value is -2.90. The molecule has 0 fully saturated rings. The van der Waals surface area contributed by atoms with Crippen molar-refractivity contribution in [3.8, 4) is 5.75 Å². The lowest BCUT2D eigenvalue weighted by Gasteiger charge is -2.20. The number of thiazole rings is 1. The number of fused-ring (bicyclic) bond motifs is 1. The molecule has 4 aromatic rings. The molecule has 0 aliphatic heterocycles. The molecule has 2 heterocycles. The molecule has 5 nitrogen and oxygen atoms in total. The van der Waals surface area contributed by atoms with Crippen LogP contribution in [-0.4, -0.2) is 28.7 Å². The highest BCUT2D eigenvalue weighted by atomic mass is 32.2. The van der Waals surface area contributed by atoms with Crippen molar-refractivity contribution in [3.05, 3.63) is 78.1 Å². The number of nitrogens with zero attached hydrogens (tertiary/aromatic N) is 3. The van der Waals surface area contributed by atoms with Gasteiger partial charge < -0.3 is 4.74 Å². The second kappa shape index (κ2) is 11.5. The summed E-state index contributed by atoms with van der Waals surface area (Å²) in [5.41, 5.74) is 3.20. The molecule has 4 rings (SSSR count). The first kappa shape index (κ1) is 24.2. The summed E-state index contributed by atoms with van der Waals surface area (Å²) in [5, 5.41) is 0.750. The van der Waals surface area contributed by atoms with Gasteiger partial charge in [0, 0.05) is 23.7 Å². The van der Waals surface area contributed by atoms with E-state index in [0.29, 0.717) is 18.9 Å². The van der Waals surface area contributed by atoms with Crippen LogP contribution in [0, 0.1) is 0 Å². The molecule has 0 radical (unpaired) electrons. The van der Waals surface area contributed by atoms with Crippen LogP contribution in [0.1, 0.15) is 43.7 Å². The van der Waals surface area contributed by atoms with Crippen molar-refractivity contribution in [3.63, 3.8) is 0 Å². The summed E-state index contributed by atoms with van der Waals surface area (Å²) >= 11 is 3.33. The highest BCUT2D eigenvalue weighted by Crippen LogP contribution is 2.34. The molecule has 176 valence electrons. The lowest BCUT2D eigenvalue weighted by Crippen LogP contribution is -2.30. The minimum Gasteiger partial charge on any atom is -0.497 e. The zero-order chi connectivity index (χ0) is 23.9. The minimum absolute atomic E-state index is 0.0873. The number of hydrogen-bond donors (Lipinski definition) is 0. The van der Waals surface area contributed by atoms with Crippen molar-refractivity contribution in [2.24, 2.45) is 0 Å². The van der Waals surface area contributed by atoms with Gasteiger partial charge in [-0.2, -0.15) is 0 Å². The van der Waals surface area contributed by atoms with E-state index >= 15 is 0 Å². The maximum atomic E-state index is 13.4. The quantitative estimate of drug-likeness (QED) is 0.178. The summed E-state index contributed by atoms with van der Waals surface area (Å²) in [5.74, 6) is 2.18. The zero-order valence-corrected chi connectivity index (χ0v) is 21.4. The topological polar surface area (TPSA) is 55.3 Å². The highest BCUT2D eigenvalue weighted by molar-refractivity contribution is 7.99. The van der Waals surface area contributed by atoms with Crippen LogP contribution in [0.3, 0.4) is 0 Å². The number of pyridine rings is 1. The fourth-order valence-corrected chi connectivity index (χ4v) is 5.57. The molecule has 0 saturated heterocycles. The second-order valence-corrected chi connectivity index (χ2v) is 10.5. The number of hydrogen-bond acceptors (Lipinski definition) is 6. The van der Waals surface area contributed by atoms with Crippen molar-refractivity contribution in [2.45, 2.75) is 44.0 Å². The standard InChI is InChI=1S/C27H29N3O2S2/c1-19(2)23-8-4-9-24-26(23)29-27(34-24)30(18-20-7-5-15-28-17-20)25(31)10-6-16-33-22-13-11-21(32-3)12-14-22/h4-5,7-9,11-15,17,19H,6,10,16,18H2,1-3H3. The Labute approximate surface area is 209 Å². The predicted molar refractivity (Wildman–Crippen MR) is 142 cm³/mol. The van der Waals surface area contributed by atoms with Crippen LogP contribution in [0.2, 0.25) is 0 Å². The van der Waals surface area contributed by atoms with Gasteiger partial charge in [0.25, 0.3) is 0 Å². The molecule has 0 saturated carbocycles. The molecule has 0 unspecified atom stereocenters. The van der Waals surface area contributed by atoms with E-state index < -0.39 is 0 Å². The Morgan fingerprint density at radius 3 is 2.65 bits per heavy atom. The van der Waals surface area contributed by atoms with Crippen molar-refractivity contribution in [1.29, 1.82) is 0 Å². The zero-order valence-electron chi connectivity index (χ0n) is 19.7. The monoisotopic (exact) mass is 491 g/mol. The van der Waals surface area contributed by atoms with Crippen molar-refractivity contribution in [1.82, 2.24) is 9.97 Å². The summed E-state index contributed by atoms with van der Waals surface area (Å²) in [7, 11) is 1.67. The third-order valence-corrected chi connectivity index (χ3v) is 7.66. The largest absolute Gasteiger partial charge is 0.497 e. The van der Waals surface area contributed by atoms with Gasteiger partial charge in [0.2, 0.25) is 5.91 Å². The van der Waals surface area contributed by atoms with Crippen LogP contribution in [-0.2, 0) is 11.3 Å². The number of carbonyl (C=O) groups is 1. The van der Waals surface area contributed by atoms with Gasteiger partial charge in [0.15, 0.2) is 5.13 Å². The number of anilines is 1. The fraction of sp³-hybridized carbons (Fsp3) is 0.296. The van der Waals surface area contributed by atoms with E-state index in [4.69, 9.17) is 9.72 Å². The summed E-state index contributed by atoms with van der Waals surface area (Å²) in [4.78, 5) is 25.5. The number of carbonyl (C=O) groups excluding carboxylic acids is 1. The molecule has 7 heteroatoms. The number of rotatable bonds is 10. The van der Waals surface area contributed by atoms with Crippen molar-refractivity contribution >= 4 is 44.4 Å². The molecule has 1 amide bonds. The van der Waals surface area contributed by atoms with Crippen molar-refractivity contribution in [2.75, 3.05) is 17.8 Å². The van der Waals surface area contributed by atoms with Crippen LogP contribution >= 0.6 is 23.1 Å². The maximum Gasteiger partial charge on any atom is 0.229 e. The Balaban J connectivity index is 1.48. The lowest BCUT2D eigenvalue weighted by molar-refractivity contribution is -0.118. The number of thioether (sulfide) groups is 1. The van der Waals surface area contributed by atoms with Crippen LogP contribution in [0.4, 0.5) is 5.13 Å². The van der Waals surface area contributed by atoms with Gasteiger partial charge in [0.05, 0.1) is 23.9 Å². The van der Waals surface area contributed by atoms with E-state index in [1.807, 2.05) is 47.5 Å². The van der Waals surface area contributed by atoms with Gasteiger partial charge in [-0.3, -0.25) is 14.7 Å². The Kier molecular flexibility index (Phi) is 8.19. The number of para-hydroxylation sites is 1. The van der Waals surface area contributed by atoms with E-state index in [2.05, 4.69) is 37.0 Å². The summed E-state index contributed by atoms with van der Waals surface area (Å²) in [6.45, 7) is 4.81. The predicted octanol–water partition coefficient (Wildman–Crippen LogP) is 6.93. The minimum atomic E-state index is 0.0873. The molecule has 2 aromatic heterocycles. The molecule has 0 atom stereocenters. The number of aromatic nitrogens is 2. The molecule has 0 aliphatic carbocycles. The third-order valence-electron chi connectivity index (χ3n) is 5.52. The smallest absolute Gasteiger partial charge is 0.229 e. The van der Waals surface area contributed by atoms with Crippen LogP contribution in [0.25, 0.3) is 10.2 Å². The van der Waals surface area contributed by atoms with Gasteiger partial charge in [0.1, 0.15) is 5.75 Å². The first-order chi connectivity index (χ1) is 16.5. The Bertz CT molecular complexity index is 1220. The fourth-order valence-electron chi connectivity index (χ4n) is 3.70. The molecule has 0 aliphatic rings. The average molecular weight is 492 g/mol. The van der Waals surface area contributed by atoms with Gasteiger partial charge in [-0.1, -0.05) is 43.4 Å². The molecular weight excluding hydrogens is 462 g/mol. The third kappa shape index (κ3) is 5.96. The van der Waals surface area contributed by atoms with Gasteiger partial charge in [-0.15, -0.1) is 11.8 Å². The van der Waals surface area contributed by atoms with E-state index in [9.17, 15) is 4.79 Å². The van der Waals surface area contributed by atoms with E-state index in [0.717, 1.165) is 38.8 Å². The lowest BCUT2D eigenvalue weighted by atomic mass is 10.0.